The summed E-state index contributed by atoms with van der Waals surface area (Å²) in [6.45, 7) is 5.05. The molecule has 2 aliphatic heterocycles. The van der Waals surface area contributed by atoms with Gasteiger partial charge in [0.25, 0.3) is 0 Å². The van der Waals surface area contributed by atoms with Crippen molar-refractivity contribution in [1.82, 2.24) is 10.2 Å². The van der Waals surface area contributed by atoms with Crippen molar-refractivity contribution in [3.63, 3.8) is 0 Å². The van der Waals surface area contributed by atoms with Gasteiger partial charge in [0.05, 0.1) is 18.5 Å². The number of carbonyl (C=O) groups excluding carboxylic acids is 1. The molecular weight excluding hydrogens is 228 g/mol. The summed E-state index contributed by atoms with van der Waals surface area (Å²) in [5.74, 6) is 0.741. The molecule has 0 aromatic heterocycles. The maximum atomic E-state index is 12.6. The summed E-state index contributed by atoms with van der Waals surface area (Å²) in [5.41, 5.74) is -0.727. The molecule has 2 saturated heterocycles. The largest absolute Gasteiger partial charge is 0.386 e. The van der Waals surface area contributed by atoms with E-state index < -0.39 is 5.60 Å². The normalized spacial score (nSPS) is 34.4. The van der Waals surface area contributed by atoms with Gasteiger partial charge in [0.2, 0.25) is 5.91 Å². The van der Waals surface area contributed by atoms with Crippen molar-refractivity contribution in [3.05, 3.63) is 0 Å². The number of likely N-dealkylation sites (tertiary alicyclic amines) is 1. The lowest BCUT2D eigenvalue weighted by Crippen LogP contribution is -2.67. The van der Waals surface area contributed by atoms with E-state index in [4.69, 9.17) is 0 Å². The number of rotatable bonds is 4. The highest BCUT2D eigenvalue weighted by atomic mass is 16.3. The molecule has 0 radical (unpaired) electrons. The van der Waals surface area contributed by atoms with Gasteiger partial charge >= 0.3 is 0 Å². The van der Waals surface area contributed by atoms with Crippen LogP contribution in [0.3, 0.4) is 0 Å². The van der Waals surface area contributed by atoms with Gasteiger partial charge in [-0.15, -0.1) is 0 Å². The first-order chi connectivity index (χ1) is 8.60. The molecule has 18 heavy (non-hydrogen) atoms. The van der Waals surface area contributed by atoms with Crippen molar-refractivity contribution in [2.45, 2.75) is 44.6 Å². The standard InChI is InChI=1S/C14H24N2O2/c1-2-5-13(6-7-15-8-13)12(17)16-9-14(18,10-16)11-3-4-11/h11,15,18H,2-10H2,1H3. The monoisotopic (exact) mass is 252 g/mol. The summed E-state index contributed by atoms with van der Waals surface area (Å²) in [4.78, 5) is 14.5. The second kappa shape index (κ2) is 4.20. The number of nitrogens with one attached hydrogen (secondary N) is 1. The second-order valence-corrected chi connectivity index (χ2v) is 6.50. The quantitative estimate of drug-likeness (QED) is 0.776. The molecule has 1 aliphatic carbocycles. The van der Waals surface area contributed by atoms with Gasteiger partial charge in [0, 0.05) is 6.54 Å². The van der Waals surface area contributed by atoms with Crippen molar-refractivity contribution in [2.24, 2.45) is 11.3 Å². The van der Waals surface area contributed by atoms with Crippen LogP contribution in [-0.4, -0.2) is 47.7 Å². The molecule has 3 aliphatic rings. The molecule has 1 atom stereocenters. The Morgan fingerprint density at radius 2 is 2.17 bits per heavy atom. The predicted octanol–water partition coefficient (Wildman–Crippen LogP) is 0.749. The minimum atomic E-state index is -0.547. The molecule has 4 nitrogen and oxygen atoms in total. The zero-order valence-electron chi connectivity index (χ0n) is 11.2. The van der Waals surface area contributed by atoms with Crippen LogP contribution >= 0.6 is 0 Å². The van der Waals surface area contributed by atoms with E-state index in [0.717, 1.165) is 45.2 Å². The minimum absolute atomic E-state index is 0.181. The van der Waals surface area contributed by atoms with Crippen LogP contribution in [0.5, 0.6) is 0 Å². The van der Waals surface area contributed by atoms with Gasteiger partial charge in [0.1, 0.15) is 5.60 Å². The molecule has 2 N–H and O–H groups in total. The summed E-state index contributed by atoms with van der Waals surface area (Å²) in [6, 6.07) is 0. The molecule has 1 unspecified atom stereocenters. The van der Waals surface area contributed by atoms with Crippen molar-refractivity contribution >= 4 is 5.91 Å². The minimum Gasteiger partial charge on any atom is -0.386 e. The number of nitrogens with zero attached hydrogens (tertiary/aromatic N) is 1. The summed E-state index contributed by atoms with van der Waals surface area (Å²) in [7, 11) is 0. The Balaban J connectivity index is 1.64. The summed E-state index contributed by atoms with van der Waals surface area (Å²) in [6.07, 6.45) is 5.25. The molecular formula is C14H24N2O2. The van der Waals surface area contributed by atoms with Crippen molar-refractivity contribution in [2.75, 3.05) is 26.2 Å². The van der Waals surface area contributed by atoms with E-state index in [9.17, 15) is 9.90 Å². The Hall–Kier alpha value is -0.610. The van der Waals surface area contributed by atoms with Gasteiger partial charge in [-0.3, -0.25) is 4.79 Å². The van der Waals surface area contributed by atoms with Crippen LogP contribution in [0.15, 0.2) is 0 Å². The highest BCUT2D eigenvalue weighted by Gasteiger charge is 2.56. The van der Waals surface area contributed by atoms with E-state index >= 15 is 0 Å². The molecule has 102 valence electrons. The molecule has 1 saturated carbocycles. The lowest BCUT2D eigenvalue weighted by Gasteiger charge is -2.49. The summed E-state index contributed by atoms with van der Waals surface area (Å²) >= 11 is 0. The summed E-state index contributed by atoms with van der Waals surface area (Å²) < 4.78 is 0. The lowest BCUT2D eigenvalue weighted by molar-refractivity contribution is -0.169. The molecule has 3 rings (SSSR count). The Morgan fingerprint density at radius 1 is 1.44 bits per heavy atom. The summed E-state index contributed by atoms with van der Waals surface area (Å²) in [5, 5.41) is 13.6. The number of hydrogen-bond donors (Lipinski definition) is 2. The first-order valence-electron chi connectivity index (χ1n) is 7.32. The Morgan fingerprint density at radius 3 is 2.67 bits per heavy atom. The third kappa shape index (κ3) is 1.86. The zero-order valence-corrected chi connectivity index (χ0v) is 11.2. The molecule has 2 heterocycles. The third-order valence-electron chi connectivity index (χ3n) is 4.98. The average Bonchev–Trinajstić information content (AvgIpc) is 3.06. The second-order valence-electron chi connectivity index (χ2n) is 6.50. The van der Waals surface area contributed by atoms with Gasteiger partial charge in [-0.1, -0.05) is 13.3 Å². The van der Waals surface area contributed by atoms with Crippen molar-refractivity contribution in [1.29, 1.82) is 0 Å². The van der Waals surface area contributed by atoms with Gasteiger partial charge < -0.3 is 15.3 Å². The third-order valence-corrected chi connectivity index (χ3v) is 4.98. The first-order valence-corrected chi connectivity index (χ1v) is 7.32. The fourth-order valence-electron chi connectivity index (χ4n) is 3.70. The fraction of sp³-hybridized carbons (Fsp3) is 0.929. The lowest BCUT2D eigenvalue weighted by atomic mass is 9.78. The molecule has 0 aromatic carbocycles. The number of aliphatic hydroxyl groups is 1. The van der Waals surface area contributed by atoms with E-state index in [1.54, 1.807) is 0 Å². The fourth-order valence-corrected chi connectivity index (χ4v) is 3.70. The Labute approximate surface area is 109 Å². The average molecular weight is 252 g/mol. The number of carbonyl (C=O) groups is 1. The molecule has 0 aromatic rings. The number of amides is 1. The first kappa shape index (κ1) is 12.4. The van der Waals surface area contributed by atoms with Gasteiger partial charge in [-0.2, -0.15) is 0 Å². The van der Waals surface area contributed by atoms with Crippen LogP contribution in [0.25, 0.3) is 0 Å². The topological polar surface area (TPSA) is 52.6 Å². The molecule has 0 bridgehead atoms. The molecule has 4 heteroatoms. The maximum Gasteiger partial charge on any atom is 0.230 e. The van der Waals surface area contributed by atoms with Crippen LogP contribution < -0.4 is 5.32 Å². The Bertz CT molecular complexity index is 340. The van der Waals surface area contributed by atoms with Crippen LogP contribution in [0.2, 0.25) is 0 Å². The zero-order chi connectivity index (χ0) is 12.8. The van der Waals surface area contributed by atoms with E-state index in [0.29, 0.717) is 19.0 Å². The van der Waals surface area contributed by atoms with Gasteiger partial charge in [-0.25, -0.2) is 0 Å². The van der Waals surface area contributed by atoms with E-state index in [2.05, 4.69) is 12.2 Å². The highest BCUT2D eigenvalue weighted by Crippen LogP contribution is 2.46. The van der Waals surface area contributed by atoms with E-state index in [-0.39, 0.29) is 11.3 Å². The van der Waals surface area contributed by atoms with Crippen LogP contribution in [-0.2, 0) is 4.79 Å². The van der Waals surface area contributed by atoms with Crippen LogP contribution in [0.4, 0.5) is 0 Å². The predicted molar refractivity (Wildman–Crippen MR) is 69.1 cm³/mol. The molecule has 1 amide bonds. The van der Waals surface area contributed by atoms with E-state index in [1.807, 2.05) is 4.90 Å². The Kier molecular flexibility index (Phi) is 2.90. The SMILES string of the molecule is CCCC1(C(=O)N2CC(O)(C3CC3)C2)CCNC1. The molecule has 3 fully saturated rings. The smallest absolute Gasteiger partial charge is 0.230 e. The maximum absolute atomic E-state index is 12.6. The van der Waals surface area contributed by atoms with E-state index in [1.165, 1.54) is 0 Å². The van der Waals surface area contributed by atoms with Crippen molar-refractivity contribution in [3.8, 4) is 0 Å². The van der Waals surface area contributed by atoms with Crippen molar-refractivity contribution < 1.29 is 9.90 Å². The number of β-amino-alcohol motifs (C(OH)–C–C–N with tert-alkyl or cyclic N) is 1. The van der Waals surface area contributed by atoms with Crippen LogP contribution in [0.1, 0.15) is 39.0 Å². The highest BCUT2D eigenvalue weighted by molar-refractivity contribution is 5.84. The van der Waals surface area contributed by atoms with Crippen LogP contribution in [0, 0.1) is 11.3 Å². The number of hydrogen-bond acceptors (Lipinski definition) is 3. The molecule has 0 spiro atoms. The van der Waals surface area contributed by atoms with Gasteiger partial charge in [-0.05, 0) is 38.1 Å². The van der Waals surface area contributed by atoms with Gasteiger partial charge in [0.15, 0.2) is 0 Å².